The van der Waals surface area contributed by atoms with E-state index in [-0.39, 0.29) is 0 Å². The summed E-state index contributed by atoms with van der Waals surface area (Å²) in [5, 5.41) is 14.1. The van der Waals surface area contributed by atoms with Crippen molar-refractivity contribution in [3.8, 4) is 5.75 Å². The first-order chi connectivity index (χ1) is 9.28. The number of fused-ring (bicyclic) bond motifs is 1. The van der Waals surface area contributed by atoms with E-state index >= 15 is 0 Å². The van der Waals surface area contributed by atoms with Crippen molar-refractivity contribution >= 4 is 10.9 Å². The van der Waals surface area contributed by atoms with Crippen LogP contribution in [0.5, 0.6) is 5.75 Å². The molecule has 0 bridgehead atoms. The molecule has 0 saturated carbocycles. The summed E-state index contributed by atoms with van der Waals surface area (Å²) < 4.78 is 2.34. The van der Waals surface area contributed by atoms with Gasteiger partial charge < -0.3 is 15.0 Å². The molecule has 4 heteroatoms. The average molecular weight is 259 g/mol. The Hall–Kier alpha value is -1.52. The summed E-state index contributed by atoms with van der Waals surface area (Å²) in [5.74, 6) is 0.342. The third-order valence-electron chi connectivity index (χ3n) is 3.88. The highest BCUT2D eigenvalue weighted by molar-refractivity contribution is 5.82. The SMILES string of the molecule is CCn1c(CN2CCNCC2)cc2cc(O)ccc21. The molecule has 2 aromatic rings. The van der Waals surface area contributed by atoms with E-state index in [0.29, 0.717) is 5.75 Å². The highest BCUT2D eigenvalue weighted by Gasteiger charge is 2.14. The molecule has 102 valence electrons. The number of phenolic OH excluding ortho intramolecular Hbond substituents is 1. The third-order valence-corrected chi connectivity index (χ3v) is 3.88. The van der Waals surface area contributed by atoms with Gasteiger partial charge in [0.05, 0.1) is 0 Å². The number of benzene rings is 1. The molecule has 0 unspecified atom stereocenters. The van der Waals surface area contributed by atoms with Gasteiger partial charge in [-0.15, -0.1) is 0 Å². The van der Waals surface area contributed by atoms with Gasteiger partial charge in [0.15, 0.2) is 0 Å². The van der Waals surface area contributed by atoms with Crippen molar-refractivity contribution < 1.29 is 5.11 Å². The maximum Gasteiger partial charge on any atom is 0.116 e. The van der Waals surface area contributed by atoms with Crippen LogP contribution >= 0.6 is 0 Å². The zero-order chi connectivity index (χ0) is 13.2. The van der Waals surface area contributed by atoms with E-state index in [1.807, 2.05) is 12.1 Å². The van der Waals surface area contributed by atoms with E-state index in [9.17, 15) is 5.11 Å². The highest BCUT2D eigenvalue weighted by Crippen LogP contribution is 2.25. The third kappa shape index (κ3) is 2.46. The number of phenols is 1. The van der Waals surface area contributed by atoms with Gasteiger partial charge in [-0.1, -0.05) is 0 Å². The van der Waals surface area contributed by atoms with E-state index in [4.69, 9.17) is 0 Å². The van der Waals surface area contributed by atoms with Crippen molar-refractivity contribution in [2.24, 2.45) is 0 Å². The normalized spacial score (nSPS) is 17.1. The Balaban J connectivity index is 1.93. The zero-order valence-corrected chi connectivity index (χ0v) is 11.4. The Morgan fingerprint density at radius 2 is 2.00 bits per heavy atom. The second-order valence-corrected chi connectivity index (χ2v) is 5.15. The van der Waals surface area contributed by atoms with Crippen molar-refractivity contribution in [3.05, 3.63) is 30.0 Å². The number of hydrogen-bond donors (Lipinski definition) is 2. The molecule has 3 rings (SSSR count). The van der Waals surface area contributed by atoms with Gasteiger partial charge in [-0.3, -0.25) is 4.90 Å². The number of rotatable bonds is 3. The first kappa shape index (κ1) is 12.5. The van der Waals surface area contributed by atoms with Crippen LogP contribution in [0.2, 0.25) is 0 Å². The Morgan fingerprint density at radius 3 is 2.74 bits per heavy atom. The monoisotopic (exact) mass is 259 g/mol. The minimum atomic E-state index is 0.342. The molecular weight excluding hydrogens is 238 g/mol. The van der Waals surface area contributed by atoms with Crippen molar-refractivity contribution in [1.29, 1.82) is 0 Å². The lowest BCUT2D eigenvalue weighted by molar-refractivity contribution is 0.228. The average Bonchev–Trinajstić information content (AvgIpc) is 2.76. The summed E-state index contributed by atoms with van der Waals surface area (Å²) in [6, 6.07) is 7.84. The second-order valence-electron chi connectivity index (χ2n) is 5.15. The van der Waals surface area contributed by atoms with Crippen molar-refractivity contribution in [1.82, 2.24) is 14.8 Å². The fourth-order valence-corrected chi connectivity index (χ4v) is 2.92. The van der Waals surface area contributed by atoms with E-state index in [1.54, 1.807) is 6.07 Å². The molecule has 2 N–H and O–H groups in total. The Morgan fingerprint density at radius 1 is 1.21 bits per heavy atom. The van der Waals surface area contributed by atoms with Gasteiger partial charge in [-0.2, -0.15) is 0 Å². The summed E-state index contributed by atoms with van der Waals surface area (Å²) in [7, 11) is 0. The van der Waals surface area contributed by atoms with Crippen LogP contribution in [0.3, 0.4) is 0 Å². The number of aromatic hydroxyl groups is 1. The quantitative estimate of drug-likeness (QED) is 0.882. The lowest BCUT2D eigenvalue weighted by atomic mass is 10.2. The topological polar surface area (TPSA) is 40.4 Å². The number of nitrogens with zero attached hydrogens (tertiary/aromatic N) is 2. The predicted molar refractivity (Wildman–Crippen MR) is 77.4 cm³/mol. The van der Waals surface area contributed by atoms with Crippen LogP contribution in [0, 0.1) is 0 Å². The van der Waals surface area contributed by atoms with E-state index < -0.39 is 0 Å². The molecule has 19 heavy (non-hydrogen) atoms. The van der Waals surface area contributed by atoms with Gasteiger partial charge in [-0.25, -0.2) is 0 Å². The lowest BCUT2D eigenvalue weighted by Crippen LogP contribution is -2.43. The molecule has 1 saturated heterocycles. The van der Waals surface area contributed by atoms with Crippen LogP contribution in [0.15, 0.2) is 24.3 Å². The molecule has 0 radical (unpaired) electrons. The van der Waals surface area contributed by atoms with E-state index in [1.165, 1.54) is 11.2 Å². The highest BCUT2D eigenvalue weighted by atomic mass is 16.3. The number of nitrogens with one attached hydrogen (secondary N) is 1. The minimum absolute atomic E-state index is 0.342. The standard InChI is InChI=1S/C15H21N3O/c1-2-18-13(11-17-7-5-16-6-8-17)9-12-10-14(19)3-4-15(12)18/h3-4,9-10,16,19H,2,5-8,11H2,1H3. The van der Waals surface area contributed by atoms with Crippen LogP contribution in [0.1, 0.15) is 12.6 Å². The molecule has 1 fully saturated rings. The first-order valence-electron chi connectivity index (χ1n) is 7.02. The van der Waals surface area contributed by atoms with Gasteiger partial charge in [-0.05, 0) is 31.2 Å². The maximum absolute atomic E-state index is 9.60. The number of hydrogen-bond acceptors (Lipinski definition) is 3. The van der Waals surface area contributed by atoms with Crippen LogP contribution in [-0.2, 0) is 13.1 Å². The maximum atomic E-state index is 9.60. The number of piperazine rings is 1. The summed E-state index contributed by atoms with van der Waals surface area (Å²) in [4.78, 5) is 2.48. The molecule has 1 aromatic heterocycles. The largest absolute Gasteiger partial charge is 0.508 e. The predicted octanol–water partition coefficient (Wildman–Crippen LogP) is 1.77. The van der Waals surface area contributed by atoms with E-state index in [2.05, 4.69) is 27.8 Å². The van der Waals surface area contributed by atoms with Gasteiger partial charge in [0.2, 0.25) is 0 Å². The fourth-order valence-electron chi connectivity index (χ4n) is 2.92. The number of aromatic nitrogens is 1. The van der Waals surface area contributed by atoms with Gasteiger partial charge in [0, 0.05) is 55.9 Å². The lowest BCUT2D eigenvalue weighted by Gasteiger charge is -2.27. The van der Waals surface area contributed by atoms with Crippen molar-refractivity contribution in [3.63, 3.8) is 0 Å². The Labute approximate surface area is 113 Å². The molecule has 1 aliphatic rings. The molecule has 1 aliphatic heterocycles. The van der Waals surface area contributed by atoms with Gasteiger partial charge >= 0.3 is 0 Å². The summed E-state index contributed by atoms with van der Waals surface area (Å²) in [6.45, 7) is 8.50. The molecular formula is C15H21N3O. The summed E-state index contributed by atoms with van der Waals surface area (Å²) in [5.41, 5.74) is 2.55. The Bertz CT molecular complexity index is 570. The fraction of sp³-hybridized carbons (Fsp3) is 0.467. The van der Waals surface area contributed by atoms with Crippen LogP contribution < -0.4 is 5.32 Å². The minimum Gasteiger partial charge on any atom is -0.508 e. The molecule has 1 aromatic carbocycles. The van der Waals surface area contributed by atoms with Crippen LogP contribution in [0.25, 0.3) is 10.9 Å². The van der Waals surface area contributed by atoms with E-state index in [0.717, 1.165) is 44.7 Å². The zero-order valence-electron chi connectivity index (χ0n) is 11.4. The second kappa shape index (κ2) is 5.23. The molecule has 0 aliphatic carbocycles. The van der Waals surface area contributed by atoms with Crippen LogP contribution in [0.4, 0.5) is 0 Å². The molecule has 0 atom stereocenters. The smallest absolute Gasteiger partial charge is 0.116 e. The molecule has 0 amide bonds. The number of aryl methyl sites for hydroxylation is 1. The van der Waals surface area contributed by atoms with Gasteiger partial charge in [0.1, 0.15) is 5.75 Å². The summed E-state index contributed by atoms with van der Waals surface area (Å²) in [6.07, 6.45) is 0. The molecule has 4 nitrogen and oxygen atoms in total. The Kier molecular flexibility index (Phi) is 3.44. The molecule has 2 heterocycles. The van der Waals surface area contributed by atoms with Crippen LogP contribution in [-0.4, -0.2) is 40.8 Å². The first-order valence-corrected chi connectivity index (χ1v) is 7.02. The van der Waals surface area contributed by atoms with Crippen molar-refractivity contribution in [2.45, 2.75) is 20.0 Å². The van der Waals surface area contributed by atoms with Crippen molar-refractivity contribution in [2.75, 3.05) is 26.2 Å². The molecule has 0 spiro atoms. The van der Waals surface area contributed by atoms with Gasteiger partial charge in [0.25, 0.3) is 0 Å². The summed E-state index contributed by atoms with van der Waals surface area (Å²) >= 11 is 0.